The van der Waals surface area contributed by atoms with Crippen LogP contribution in [0.2, 0.25) is 10.0 Å². The summed E-state index contributed by atoms with van der Waals surface area (Å²) < 4.78 is 0. The van der Waals surface area contributed by atoms with Gasteiger partial charge in [-0.3, -0.25) is 9.59 Å². The maximum absolute atomic E-state index is 11.7. The zero-order valence-electron chi connectivity index (χ0n) is 10.5. The molecule has 19 heavy (non-hydrogen) atoms. The van der Waals surface area contributed by atoms with Crippen LogP contribution in [0, 0.1) is 0 Å². The number of carbonyl (C=O) groups excluding carboxylic acids is 2. The van der Waals surface area contributed by atoms with Gasteiger partial charge >= 0.3 is 0 Å². The van der Waals surface area contributed by atoms with Crippen molar-refractivity contribution in [1.82, 2.24) is 5.43 Å². The Bertz CT molecular complexity index is 530. The minimum absolute atomic E-state index is 0.0548. The van der Waals surface area contributed by atoms with Crippen molar-refractivity contribution in [3.8, 4) is 0 Å². The number of nitrogens with one attached hydrogen (secondary N) is 2. The minimum atomic E-state index is -0.291. The van der Waals surface area contributed by atoms with Gasteiger partial charge in [-0.05, 0) is 25.1 Å². The first-order valence-corrected chi connectivity index (χ1v) is 6.18. The second-order valence-corrected chi connectivity index (χ2v) is 4.71. The zero-order valence-corrected chi connectivity index (χ0v) is 12.0. The smallest absolute Gasteiger partial charge is 0.236 e. The van der Waals surface area contributed by atoms with Crippen LogP contribution >= 0.6 is 23.2 Å². The number of nitrogens with zero attached hydrogens (tertiary/aromatic N) is 1. The minimum Gasteiger partial charge on any atom is -0.324 e. The van der Waals surface area contributed by atoms with E-state index in [1.807, 2.05) is 0 Å². The average molecular weight is 302 g/mol. The molecular weight excluding hydrogens is 289 g/mol. The normalized spacial score (nSPS) is 11.1. The van der Waals surface area contributed by atoms with Gasteiger partial charge in [0.15, 0.2) is 0 Å². The third-order valence-corrected chi connectivity index (χ3v) is 2.57. The Morgan fingerprint density at radius 3 is 2.53 bits per heavy atom. The molecule has 0 saturated heterocycles. The number of anilines is 1. The third kappa shape index (κ3) is 5.72. The van der Waals surface area contributed by atoms with Gasteiger partial charge in [0.05, 0.1) is 17.1 Å². The number of benzene rings is 1. The van der Waals surface area contributed by atoms with Crippen LogP contribution < -0.4 is 10.7 Å². The van der Waals surface area contributed by atoms with Gasteiger partial charge in [-0.1, -0.05) is 23.2 Å². The Morgan fingerprint density at radius 2 is 1.95 bits per heavy atom. The van der Waals surface area contributed by atoms with Crippen LogP contribution in [0.1, 0.15) is 20.3 Å². The van der Waals surface area contributed by atoms with E-state index in [1.165, 1.54) is 13.0 Å². The SMILES string of the molecule is CC(=O)N/N=C(/C)CC(=O)Nc1ccc(Cl)cc1Cl. The van der Waals surface area contributed by atoms with Crippen LogP contribution in [-0.2, 0) is 9.59 Å². The Hall–Kier alpha value is -1.59. The van der Waals surface area contributed by atoms with Crippen molar-refractivity contribution in [2.75, 3.05) is 5.32 Å². The predicted octanol–water partition coefficient (Wildman–Crippen LogP) is 2.83. The van der Waals surface area contributed by atoms with Gasteiger partial charge in [-0.15, -0.1) is 0 Å². The molecule has 0 atom stereocenters. The molecule has 0 unspecified atom stereocenters. The molecule has 0 heterocycles. The second-order valence-electron chi connectivity index (χ2n) is 3.86. The molecule has 7 heteroatoms. The van der Waals surface area contributed by atoms with Gasteiger partial charge in [0.25, 0.3) is 0 Å². The van der Waals surface area contributed by atoms with E-state index in [0.717, 1.165) is 0 Å². The number of rotatable bonds is 4. The van der Waals surface area contributed by atoms with Crippen molar-refractivity contribution in [3.05, 3.63) is 28.2 Å². The van der Waals surface area contributed by atoms with Crippen LogP contribution in [0.25, 0.3) is 0 Å². The van der Waals surface area contributed by atoms with Gasteiger partial charge < -0.3 is 5.32 Å². The van der Waals surface area contributed by atoms with Crippen LogP contribution in [-0.4, -0.2) is 17.5 Å². The summed E-state index contributed by atoms with van der Waals surface area (Å²) >= 11 is 11.7. The molecule has 1 rings (SSSR count). The standard InChI is InChI=1S/C12H13Cl2N3O2/c1-7(16-17-8(2)18)5-12(19)15-11-4-3-9(13)6-10(11)14/h3-4,6H,5H2,1-2H3,(H,15,19)(H,17,18)/b16-7-. The van der Waals surface area contributed by atoms with Gasteiger partial charge in [0, 0.05) is 17.7 Å². The largest absolute Gasteiger partial charge is 0.324 e. The van der Waals surface area contributed by atoms with Gasteiger partial charge in [0.2, 0.25) is 11.8 Å². The molecule has 0 saturated carbocycles. The number of hydrogen-bond acceptors (Lipinski definition) is 3. The van der Waals surface area contributed by atoms with Crippen LogP contribution in [0.5, 0.6) is 0 Å². The number of halogens is 2. The highest BCUT2D eigenvalue weighted by Gasteiger charge is 2.08. The number of hydrazone groups is 1. The number of hydrogen-bond donors (Lipinski definition) is 2. The van der Waals surface area contributed by atoms with Crippen molar-refractivity contribution in [2.24, 2.45) is 5.10 Å². The first kappa shape index (κ1) is 15.5. The molecule has 0 aliphatic carbocycles. The fourth-order valence-corrected chi connectivity index (χ4v) is 1.69. The third-order valence-electron chi connectivity index (χ3n) is 2.03. The van der Waals surface area contributed by atoms with E-state index < -0.39 is 0 Å². The molecule has 5 nitrogen and oxygen atoms in total. The van der Waals surface area contributed by atoms with Gasteiger partial charge in [-0.2, -0.15) is 5.10 Å². The molecular formula is C12H13Cl2N3O2. The summed E-state index contributed by atoms with van der Waals surface area (Å²) in [6, 6.07) is 4.78. The van der Waals surface area contributed by atoms with E-state index in [9.17, 15) is 9.59 Å². The van der Waals surface area contributed by atoms with Gasteiger partial charge in [-0.25, -0.2) is 5.43 Å². The topological polar surface area (TPSA) is 70.6 Å². The van der Waals surface area contributed by atoms with E-state index in [4.69, 9.17) is 23.2 Å². The summed E-state index contributed by atoms with van der Waals surface area (Å²) in [6.07, 6.45) is 0.0548. The molecule has 0 radical (unpaired) electrons. The van der Waals surface area contributed by atoms with Crippen molar-refractivity contribution < 1.29 is 9.59 Å². The molecule has 0 aliphatic heterocycles. The zero-order chi connectivity index (χ0) is 14.4. The van der Waals surface area contributed by atoms with E-state index >= 15 is 0 Å². The first-order valence-electron chi connectivity index (χ1n) is 5.43. The highest BCUT2D eigenvalue weighted by atomic mass is 35.5. The fourth-order valence-electron chi connectivity index (χ4n) is 1.23. The summed E-state index contributed by atoms with van der Waals surface area (Å²) in [6.45, 7) is 2.98. The predicted molar refractivity (Wildman–Crippen MR) is 76.6 cm³/mol. The fraction of sp³-hybridized carbons (Fsp3) is 0.250. The Kier molecular flexibility index (Phi) is 5.79. The van der Waals surface area contributed by atoms with Gasteiger partial charge in [0.1, 0.15) is 0 Å². The van der Waals surface area contributed by atoms with Crippen LogP contribution in [0.4, 0.5) is 5.69 Å². The summed E-state index contributed by atoms with van der Waals surface area (Å²) in [5, 5.41) is 7.23. The number of carbonyl (C=O) groups is 2. The molecule has 2 N–H and O–H groups in total. The lowest BCUT2D eigenvalue weighted by Gasteiger charge is -2.07. The molecule has 1 aromatic carbocycles. The maximum atomic E-state index is 11.7. The molecule has 0 bridgehead atoms. The average Bonchev–Trinajstić information content (AvgIpc) is 2.30. The molecule has 2 amide bonds. The monoisotopic (exact) mass is 301 g/mol. The lowest BCUT2D eigenvalue weighted by Crippen LogP contribution is -2.19. The van der Waals surface area contributed by atoms with E-state index in [-0.39, 0.29) is 18.2 Å². The molecule has 0 fully saturated rings. The quantitative estimate of drug-likeness (QED) is 0.663. The molecule has 1 aromatic rings. The Balaban J connectivity index is 2.60. The lowest BCUT2D eigenvalue weighted by molar-refractivity contribution is -0.119. The Morgan fingerprint density at radius 1 is 1.26 bits per heavy atom. The Labute approximate surface area is 121 Å². The summed E-state index contributed by atoms with van der Waals surface area (Å²) in [7, 11) is 0. The molecule has 0 aromatic heterocycles. The van der Waals surface area contributed by atoms with Crippen LogP contribution in [0.3, 0.4) is 0 Å². The second kappa shape index (κ2) is 7.11. The maximum Gasteiger partial charge on any atom is 0.236 e. The van der Waals surface area contributed by atoms with Crippen LogP contribution in [0.15, 0.2) is 23.3 Å². The first-order chi connectivity index (χ1) is 8.88. The van der Waals surface area contributed by atoms with E-state index in [2.05, 4.69) is 15.8 Å². The van der Waals surface area contributed by atoms with Crippen molar-refractivity contribution in [1.29, 1.82) is 0 Å². The van der Waals surface area contributed by atoms with Crippen molar-refractivity contribution in [2.45, 2.75) is 20.3 Å². The molecule has 102 valence electrons. The number of amides is 2. The van der Waals surface area contributed by atoms with E-state index in [1.54, 1.807) is 19.1 Å². The van der Waals surface area contributed by atoms with Crippen molar-refractivity contribution in [3.63, 3.8) is 0 Å². The highest BCUT2D eigenvalue weighted by molar-refractivity contribution is 6.36. The summed E-state index contributed by atoms with van der Waals surface area (Å²) in [5.41, 5.74) is 3.22. The molecule has 0 spiro atoms. The van der Waals surface area contributed by atoms with E-state index in [0.29, 0.717) is 21.4 Å². The summed E-state index contributed by atoms with van der Waals surface area (Å²) in [4.78, 5) is 22.4. The summed E-state index contributed by atoms with van der Waals surface area (Å²) in [5.74, 6) is -0.573. The molecule has 0 aliphatic rings. The highest BCUT2D eigenvalue weighted by Crippen LogP contribution is 2.25. The lowest BCUT2D eigenvalue weighted by atomic mass is 10.2. The van der Waals surface area contributed by atoms with Crippen molar-refractivity contribution >= 4 is 46.4 Å².